The predicted molar refractivity (Wildman–Crippen MR) is 113 cm³/mol. The van der Waals surface area contributed by atoms with E-state index in [2.05, 4.69) is 11.9 Å². The summed E-state index contributed by atoms with van der Waals surface area (Å²) in [5.74, 6) is -1.40. The van der Waals surface area contributed by atoms with Gasteiger partial charge in [0.15, 0.2) is 0 Å². The Morgan fingerprint density at radius 3 is 2.45 bits per heavy atom. The van der Waals surface area contributed by atoms with Crippen LogP contribution in [0.15, 0.2) is 42.6 Å². The van der Waals surface area contributed by atoms with E-state index in [0.29, 0.717) is 23.6 Å². The van der Waals surface area contributed by atoms with Crippen LogP contribution in [0.5, 0.6) is 5.75 Å². The molecule has 1 amide bonds. The fourth-order valence-electron chi connectivity index (χ4n) is 2.49. The lowest BCUT2D eigenvalue weighted by atomic mass is 10.1. The van der Waals surface area contributed by atoms with Gasteiger partial charge in [-0.05, 0) is 36.2 Å². The van der Waals surface area contributed by atoms with E-state index in [1.165, 1.54) is 25.3 Å². The number of ether oxygens (including phenoxy) is 2. The van der Waals surface area contributed by atoms with Crippen LogP contribution in [0.3, 0.4) is 0 Å². The molecule has 10 heteroatoms. The molecular formula is C21H26N2O7S. The maximum absolute atomic E-state index is 12.3. The molecule has 31 heavy (non-hydrogen) atoms. The van der Waals surface area contributed by atoms with Crippen molar-refractivity contribution >= 4 is 21.9 Å². The highest BCUT2D eigenvalue weighted by Gasteiger charge is 2.22. The van der Waals surface area contributed by atoms with Crippen LogP contribution in [0, 0.1) is 0 Å². The van der Waals surface area contributed by atoms with Gasteiger partial charge in [-0.15, -0.1) is 0 Å². The number of unbranched alkanes of at least 4 members (excludes halogenated alkanes) is 1. The highest BCUT2D eigenvalue weighted by molar-refractivity contribution is 7.90. The summed E-state index contributed by atoms with van der Waals surface area (Å²) < 4.78 is 36.8. The summed E-state index contributed by atoms with van der Waals surface area (Å²) in [7, 11) is -4.11. The SMILES string of the molecule is CCCCOc1ccc(C(O)CS(=O)(=O)NC(=O)c2ccc(COC(C)=O)nc2)cc1. The lowest BCUT2D eigenvalue weighted by Crippen LogP contribution is -2.34. The van der Waals surface area contributed by atoms with E-state index in [1.807, 2.05) is 4.72 Å². The van der Waals surface area contributed by atoms with Crippen molar-refractivity contribution in [2.75, 3.05) is 12.4 Å². The molecule has 0 fully saturated rings. The van der Waals surface area contributed by atoms with Crippen LogP contribution in [0.1, 0.15) is 54.4 Å². The van der Waals surface area contributed by atoms with Crippen LogP contribution in [-0.2, 0) is 26.2 Å². The molecule has 0 aliphatic heterocycles. The number of hydrogen-bond donors (Lipinski definition) is 2. The van der Waals surface area contributed by atoms with E-state index < -0.39 is 33.8 Å². The summed E-state index contributed by atoms with van der Waals surface area (Å²) in [6.07, 6.45) is 1.79. The molecule has 0 aliphatic rings. The Morgan fingerprint density at radius 2 is 1.87 bits per heavy atom. The van der Waals surface area contributed by atoms with Gasteiger partial charge in [-0.1, -0.05) is 25.5 Å². The smallest absolute Gasteiger partial charge is 0.303 e. The number of esters is 1. The van der Waals surface area contributed by atoms with Crippen molar-refractivity contribution in [1.29, 1.82) is 0 Å². The van der Waals surface area contributed by atoms with Crippen LogP contribution in [-0.4, -0.2) is 42.7 Å². The largest absolute Gasteiger partial charge is 0.494 e. The van der Waals surface area contributed by atoms with E-state index in [-0.39, 0.29) is 12.2 Å². The number of carbonyl (C=O) groups excluding carboxylic acids is 2. The Bertz CT molecular complexity index is 974. The lowest BCUT2D eigenvalue weighted by molar-refractivity contribution is -0.142. The van der Waals surface area contributed by atoms with E-state index in [0.717, 1.165) is 12.8 Å². The van der Waals surface area contributed by atoms with Crippen molar-refractivity contribution in [3.05, 3.63) is 59.4 Å². The molecule has 0 saturated carbocycles. The number of sulfonamides is 1. The maximum Gasteiger partial charge on any atom is 0.303 e. The number of carbonyl (C=O) groups is 2. The van der Waals surface area contributed by atoms with Gasteiger partial charge >= 0.3 is 5.97 Å². The topological polar surface area (TPSA) is 132 Å². The third kappa shape index (κ3) is 8.35. The molecule has 2 rings (SSSR count). The molecule has 1 heterocycles. The Kier molecular flexibility index (Phi) is 8.95. The molecule has 168 valence electrons. The fourth-order valence-corrected chi connectivity index (χ4v) is 3.58. The second-order valence-electron chi connectivity index (χ2n) is 6.82. The normalized spacial score (nSPS) is 12.1. The Labute approximate surface area is 181 Å². The van der Waals surface area contributed by atoms with Gasteiger partial charge < -0.3 is 14.6 Å². The first-order valence-corrected chi connectivity index (χ1v) is 11.4. The Balaban J connectivity index is 1.92. The van der Waals surface area contributed by atoms with Crippen LogP contribution in [0.2, 0.25) is 0 Å². The number of aliphatic hydroxyl groups excluding tert-OH is 1. The first-order chi connectivity index (χ1) is 14.7. The standard InChI is InChI=1S/C21H26N2O7S/c1-3-4-11-29-19-9-6-16(7-10-19)20(25)14-31(27,28)23-21(26)17-5-8-18(22-12-17)13-30-15(2)24/h5-10,12,20,25H,3-4,11,13-14H2,1-2H3,(H,23,26). The van der Waals surface area contributed by atoms with Crippen molar-refractivity contribution in [2.24, 2.45) is 0 Å². The molecule has 0 saturated heterocycles. The van der Waals surface area contributed by atoms with Crippen molar-refractivity contribution < 1.29 is 32.6 Å². The van der Waals surface area contributed by atoms with Crippen LogP contribution < -0.4 is 9.46 Å². The van der Waals surface area contributed by atoms with E-state index in [1.54, 1.807) is 24.3 Å². The highest BCUT2D eigenvalue weighted by Crippen LogP contribution is 2.19. The van der Waals surface area contributed by atoms with Gasteiger partial charge in [0, 0.05) is 13.1 Å². The van der Waals surface area contributed by atoms with Gasteiger partial charge in [-0.25, -0.2) is 13.1 Å². The molecule has 9 nitrogen and oxygen atoms in total. The molecule has 0 spiro atoms. The lowest BCUT2D eigenvalue weighted by Gasteiger charge is -2.13. The molecule has 0 aliphatic carbocycles. The molecule has 1 aromatic heterocycles. The number of nitrogens with one attached hydrogen (secondary N) is 1. The summed E-state index contributed by atoms with van der Waals surface area (Å²) in [6.45, 7) is 3.85. The number of aliphatic hydroxyl groups is 1. The van der Waals surface area contributed by atoms with Gasteiger partial charge in [0.1, 0.15) is 12.4 Å². The summed E-state index contributed by atoms with van der Waals surface area (Å²) in [5.41, 5.74) is 0.808. The van der Waals surface area contributed by atoms with Gasteiger partial charge in [0.2, 0.25) is 10.0 Å². The monoisotopic (exact) mass is 450 g/mol. The summed E-state index contributed by atoms with van der Waals surface area (Å²) in [4.78, 5) is 27.0. The van der Waals surface area contributed by atoms with Crippen LogP contribution in [0.4, 0.5) is 0 Å². The number of nitrogens with zero attached hydrogens (tertiary/aromatic N) is 1. The van der Waals surface area contributed by atoms with E-state index in [4.69, 9.17) is 9.47 Å². The molecule has 2 aromatic rings. The first-order valence-electron chi connectivity index (χ1n) is 9.74. The minimum Gasteiger partial charge on any atom is -0.494 e. The average Bonchev–Trinajstić information content (AvgIpc) is 2.72. The summed E-state index contributed by atoms with van der Waals surface area (Å²) in [5, 5.41) is 10.3. The molecule has 1 unspecified atom stereocenters. The minimum absolute atomic E-state index is 0.0122. The first kappa shape index (κ1) is 24.3. The quantitative estimate of drug-likeness (QED) is 0.393. The number of rotatable bonds is 11. The second-order valence-corrected chi connectivity index (χ2v) is 8.58. The van der Waals surface area contributed by atoms with Gasteiger partial charge in [0.25, 0.3) is 5.91 Å². The van der Waals surface area contributed by atoms with E-state index in [9.17, 15) is 23.1 Å². The van der Waals surface area contributed by atoms with Gasteiger partial charge in [-0.3, -0.25) is 14.6 Å². The van der Waals surface area contributed by atoms with Crippen LogP contribution >= 0.6 is 0 Å². The zero-order valence-corrected chi connectivity index (χ0v) is 18.2. The Morgan fingerprint density at radius 1 is 1.16 bits per heavy atom. The summed E-state index contributed by atoms with van der Waals surface area (Å²) in [6, 6.07) is 9.28. The minimum atomic E-state index is -4.11. The fraction of sp³-hybridized carbons (Fsp3) is 0.381. The predicted octanol–water partition coefficient (Wildman–Crippen LogP) is 2.12. The summed E-state index contributed by atoms with van der Waals surface area (Å²) >= 11 is 0. The Hall–Kier alpha value is -2.98. The van der Waals surface area contributed by atoms with Gasteiger partial charge in [0.05, 0.1) is 29.7 Å². The molecule has 0 radical (unpaired) electrons. The molecule has 0 bridgehead atoms. The molecule has 1 aromatic carbocycles. The van der Waals surface area contributed by atoms with Crippen LogP contribution in [0.25, 0.3) is 0 Å². The number of hydrogen-bond acceptors (Lipinski definition) is 8. The van der Waals surface area contributed by atoms with Gasteiger partial charge in [-0.2, -0.15) is 0 Å². The number of pyridine rings is 1. The average molecular weight is 451 g/mol. The number of amides is 1. The maximum atomic E-state index is 12.3. The third-order valence-corrected chi connectivity index (χ3v) is 5.42. The number of aromatic nitrogens is 1. The molecule has 2 N–H and O–H groups in total. The number of benzene rings is 1. The van der Waals surface area contributed by atoms with E-state index >= 15 is 0 Å². The zero-order valence-electron chi connectivity index (χ0n) is 17.4. The van der Waals surface area contributed by atoms with Crippen molar-refractivity contribution in [1.82, 2.24) is 9.71 Å². The van der Waals surface area contributed by atoms with Crippen molar-refractivity contribution in [2.45, 2.75) is 39.4 Å². The van der Waals surface area contributed by atoms with Crippen molar-refractivity contribution in [3.8, 4) is 5.75 Å². The molecule has 1 atom stereocenters. The second kappa shape index (κ2) is 11.4. The molecular weight excluding hydrogens is 424 g/mol. The highest BCUT2D eigenvalue weighted by atomic mass is 32.2. The zero-order chi connectivity index (χ0) is 22.9. The van der Waals surface area contributed by atoms with Crippen molar-refractivity contribution in [3.63, 3.8) is 0 Å². The third-order valence-electron chi connectivity index (χ3n) is 4.17.